The second-order valence-electron chi connectivity index (χ2n) is 3.66. The van der Waals surface area contributed by atoms with Gasteiger partial charge in [-0.25, -0.2) is 4.98 Å². The van der Waals surface area contributed by atoms with Crippen LogP contribution in [0.25, 0.3) is 12.7 Å². The number of aromatic hydroxyl groups is 1. The summed E-state index contributed by atoms with van der Waals surface area (Å²) >= 11 is 1.62. The monoisotopic (exact) mass is 243 g/mol. The molecule has 2 aromatic rings. The zero-order chi connectivity index (χ0) is 12.3. The topological polar surface area (TPSA) is 33.1 Å². The Morgan fingerprint density at radius 3 is 2.65 bits per heavy atom. The number of aromatic nitrogens is 1. The van der Waals surface area contributed by atoms with Crippen molar-refractivity contribution in [1.82, 2.24) is 4.98 Å². The lowest BCUT2D eigenvalue weighted by Crippen LogP contribution is -2.17. The molecule has 0 unspecified atom stereocenters. The minimum absolute atomic E-state index is 0.284. The molecule has 1 N–H and O–H groups in total. The van der Waals surface area contributed by atoms with Crippen LogP contribution >= 0.6 is 11.3 Å². The smallest absolute Gasteiger partial charge is 0.115 e. The second kappa shape index (κ2) is 4.97. The summed E-state index contributed by atoms with van der Waals surface area (Å²) in [6, 6.07) is 7.17. The van der Waals surface area contributed by atoms with Gasteiger partial charge in [0.2, 0.25) is 0 Å². The van der Waals surface area contributed by atoms with E-state index in [1.165, 1.54) is 0 Å². The molecular formula is C14H13NOS. The number of hydrogen-bond donors (Lipinski definition) is 1. The van der Waals surface area contributed by atoms with Gasteiger partial charge in [-0.05, 0) is 23.8 Å². The first-order chi connectivity index (χ1) is 8.19. The Bertz CT molecular complexity index is 625. The molecule has 0 fully saturated rings. The molecule has 0 saturated carbocycles. The quantitative estimate of drug-likeness (QED) is 0.892. The number of hydrogen-bond acceptors (Lipinski definition) is 3. The maximum Gasteiger partial charge on any atom is 0.115 e. The highest BCUT2D eigenvalue weighted by molar-refractivity contribution is 7.09. The number of rotatable bonds is 3. The van der Waals surface area contributed by atoms with E-state index in [0.29, 0.717) is 0 Å². The highest BCUT2D eigenvalue weighted by Gasteiger charge is 2.01. The SMILES string of the molecule is C=C/C=c1/sc(Cc2ccc(O)cc2)nc1=C. The molecule has 0 atom stereocenters. The first-order valence-electron chi connectivity index (χ1n) is 5.24. The number of allylic oxidation sites excluding steroid dienone is 1. The summed E-state index contributed by atoms with van der Waals surface area (Å²) in [7, 11) is 0. The molecular weight excluding hydrogens is 230 g/mol. The third-order valence-corrected chi connectivity index (χ3v) is 3.40. The van der Waals surface area contributed by atoms with Crippen LogP contribution in [0.15, 0.2) is 36.9 Å². The molecule has 0 radical (unpaired) electrons. The van der Waals surface area contributed by atoms with Gasteiger partial charge in [-0.2, -0.15) is 0 Å². The van der Waals surface area contributed by atoms with Crippen LogP contribution in [0, 0.1) is 0 Å². The number of phenols is 1. The van der Waals surface area contributed by atoms with E-state index >= 15 is 0 Å². The van der Waals surface area contributed by atoms with Crippen molar-refractivity contribution in [2.24, 2.45) is 0 Å². The Morgan fingerprint density at radius 1 is 1.29 bits per heavy atom. The first-order valence-corrected chi connectivity index (χ1v) is 6.06. The maximum atomic E-state index is 9.20. The molecule has 0 saturated heterocycles. The summed E-state index contributed by atoms with van der Waals surface area (Å²) < 4.78 is 1.05. The van der Waals surface area contributed by atoms with Gasteiger partial charge >= 0.3 is 0 Å². The minimum atomic E-state index is 0.284. The summed E-state index contributed by atoms with van der Waals surface area (Å²) in [5, 5.41) is 11.0. The Balaban J connectivity index is 2.28. The third-order valence-electron chi connectivity index (χ3n) is 2.33. The van der Waals surface area contributed by atoms with E-state index in [9.17, 15) is 5.11 Å². The molecule has 1 aromatic carbocycles. The molecule has 0 bridgehead atoms. The molecule has 0 aliphatic carbocycles. The third kappa shape index (κ3) is 2.82. The predicted molar refractivity (Wildman–Crippen MR) is 72.5 cm³/mol. The summed E-state index contributed by atoms with van der Waals surface area (Å²) in [5.41, 5.74) is 1.13. The number of nitrogens with zero attached hydrogens (tertiary/aromatic N) is 1. The maximum absolute atomic E-state index is 9.20. The van der Waals surface area contributed by atoms with E-state index in [4.69, 9.17) is 0 Å². The summed E-state index contributed by atoms with van der Waals surface area (Å²) in [5.74, 6) is 0.284. The molecule has 1 aromatic heterocycles. The van der Waals surface area contributed by atoms with Crippen LogP contribution < -0.4 is 9.88 Å². The number of thiazole rings is 1. The van der Waals surface area contributed by atoms with Crippen LogP contribution in [0.1, 0.15) is 10.6 Å². The molecule has 86 valence electrons. The van der Waals surface area contributed by atoms with Gasteiger partial charge in [-0.15, -0.1) is 11.3 Å². The van der Waals surface area contributed by atoms with Gasteiger partial charge < -0.3 is 5.11 Å². The minimum Gasteiger partial charge on any atom is -0.508 e. The van der Waals surface area contributed by atoms with E-state index in [1.54, 1.807) is 29.5 Å². The molecule has 3 heteroatoms. The fourth-order valence-electron chi connectivity index (χ4n) is 1.52. The molecule has 2 nitrogen and oxygen atoms in total. The van der Waals surface area contributed by atoms with Crippen LogP contribution in [-0.4, -0.2) is 10.1 Å². The highest BCUT2D eigenvalue weighted by Crippen LogP contribution is 2.13. The van der Waals surface area contributed by atoms with Crippen molar-refractivity contribution < 1.29 is 5.11 Å². The lowest BCUT2D eigenvalue weighted by Gasteiger charge is -1.97. The molecule has 17 heavy (non-hydrogen) atoms. The van der Waals surface area contributed by atoms with Crippen LogP contribution in [-0.2, 0) is 6.42 Å². The van der Waals surface area contributed by atoms with E-state index in [1.807, 2.05) is 18.2 Å². The van der Waals surface area contributed by atoms with Crippen molar-refractivity contribution in [3.8, 4) is 5.75 Å². The van der Waals surface area contributed by atoms with Crippen LogP contribution in [0.2, 0.25) is 0 Å². The first kappa shape index (κ1) is 11.6. The van der Waals surface area contributed by atoms with E-state index in [2.05, 4.69) is 18.1 Å². The highest BCUT2D eigenvalue weighted by atomic mass is 32.1. The Morgan fingerprint density at radius 2 is 2.00 bits per heavy atom. The lowest BCUT2D eigenvalue weighted by atomic mass is 10.1. The van der Waals surface area contributed by atoms with Crippen molar-refractivity contribution in [2.45, 2.75) is 6.42 Å². The summed E-state index contributed by atoms with van der Waals surface area (Å²) in [6.07, 6.45) is 4.42. The zero-order valence-electron chi connectivity index (χ0n) is 9.39. The molecule has 0 spiro atoms. The van der Waals surface area contributed by atoms with Crippen molar-refractivity contribution >= 4 is 24.0 Å². The summed E-state index contributed by atoms with van der Waals surface area (Å²) in [4.78, 5) is 4.41. The van der Waals surface area contributed by atoms with Gasteiger partial charge in [-0.1, -0.05) is 31.4 Å². The molecule has 2 rings (SSSR count). The van der Waals surface area contributed by atoms with Crippen LogP contribution in [0.4, 0.5) is 0 Å². The lowest BCUT2D eigenvalue weighted by molar-refractivity contribution is 0.475. The average molecular weight is 243 g/mol. The van der Waals surface area contributed by atoms with Crippen LogP contribution in [0.3, 0.4) is 0 Å². The Hall–Kier alpha value is -1.87. The van der Waals surface area contributed by atoms with Crippen molar-refractivity contribution in [3.05, 3.63) is 57.4 Å². The number of phenolic OH excluding ortho intramolecular Hbond substituents is 1. The van der Waals surface area contributed by atoms with Gasteiger partial charge in [0.25, 0.3) is 0 Å². The second-order valence-corrected chi connectivity index (χ2v) is 4.78. The van der Waals surface area contributed by atoms with Crippen molar-refractivity contribution in [3.63, 3.8) is 0 Å². The van der Waals surface area contributed by atoms with E-state index in [0.717, 1.165) is 26.9 Å². The fraction of sp³-hybridized carbons (Fsp3) is 0.0714. The van der Waals surface area contributed by atoms with Crippen LogP contribution in [0.5, 0.6) is 5.75 Å². The zero-order valence-corrected chi connectivity index (χ0v) is 10.2. The van der Waals surface area contributed by atoms with Crippen molar-refractivity contribution in [1.29, 1.82) is 0 Å². The average Bonchev–Trinajstić information content (AvgIpc) is 2.63. The molecule has 0 amide bonds. The van der Waals surface area contributed by atoms with E-state index in [-0.39, 0.29) is 5.75 Å². The van der Waals surface area contributed by atoms with E-state index < -0.39 is 0 Å². The van der Waals surface area contributed by atoms with Gasteiger partial charge in [0.15, 0.2) is 0 Å². The van der Waals surface area contributed by atoms with Crippen molar-refractivity contribution in [2.75, 3.05) is 0 Å². The molecule has 0 aliphatic rings. The van der Waals surface area contributed by atoms with Gasteiger partial charge in [0, 0.05) is 6.42 Å². The largest absolute Gasteiger partial charge is 0.508 e. The van der Waals surface area contributed by atoms with Gasteiger partial charge in [0.05, 0.1) is 14.9 Å². The standard InChI is InChI=1S/C14H13NOS/c1-3-4-13-10(2)15-14(17-13)9-11-5-7-12(16)8-6-11/h3-8,16H,1-2,9H2/b13-4+. The Labute approximate surface area is 104 Å². The fourth-order valence-corrected chi connectivity index (χ4v) is 2.49. The Kier molecular flexibility index (Phi) is 3.40. The predicted octanol–water partition coefficient (Wildman–Crippen LogP) is 1.82. The molecule has 0 aliphatic heterocycles. The molecule has 1 heterocycles. The number of benzene rings is 1. The van der Waals surface area contributed by atoms with Gasteiger partial charge in [0.1, 0.15) is 5.75 Å². The van der Waals surface area contributed by atoms with Gasteiger partial charge in [-0.3, -0.25) is 0 Å². The summed E-state index contributed by atoms with van der Waals surface area (Å²) in [6.45, 7) is 7.56. The normalized spacial score (nSPS) is 11.6.